The van der Waals surface area contributed by atoms with E-state index in [1.54, 1.807) is 23.5 Å². The maximum Gasteiger partial charge on any atom is 0.234 e. The highest BCUT2D eigenvalue weighted by molar-refractivity contribution is 8.00. The molecule has 2 aromatic heterocycles. The Morgan fingerprint density at radius 3 is 2.90 bits per heavy atom. The van der Waals surface area contributed by atoms with E-state index in [2.05, 4.69) is 26.1 Å². The number of rotatable bonds is 7. The van der Waals surface area contributed by atoms with Crippen LogP contribution < -0.4 is 5.32 Å². The lowest BCUT2D eigenvalue weighted by atomic mass is 9.94. The van der Waals surface area contributed by atoms with E-state index in [-0.39, 0.29) is 17.3 Å². The number of hydrogen-bond acceptors (Lipinski definition) is 6. The van der Waals surface area contributed by atoms with Gasteiger partial charge in [0.05, 0.1) is 28.7 Å². The molecule has 164 valence electrons. The zero-order chi connectivity index (χ0) is 22.0. The van der Waals surface area contributed by atoms with Gasteiger partial charge in [-0.1, -0.05) is 48.8 Å². The fourth-order valence-corrected chi connectivity index (χ4v) is 5.83. The van der Waals surface area contributed by atoms with Crippen LogP contribution in [0.3, 0.4) is 0 Å². The van der Waals surface area contributed by atoms with Crippen molar-refractivity contribution in [1.29, 1.82) is 0 Å². The molecule has 1 aliphatic heterocycles. The van der Waals surface area contributed by atoms with Gasteiger partial charge in [-0.2, -0.15) is 0 Å². The Balaban J connectivity index is 1.62. The van der Waals surface area contributed by atoms with Crippen molar-refractivity contribution in [2.75, 3.05) is 11.1 Å². The van der Waals surface area contributed by atoms with Gasteiger partial charge in [0.15, 0.2) is 0 Å². The number of benzene rings is 1. The van der Waals surface area contributed by atoms with Crippen LogP contribution in [0.2, 0.25) is 5.02 Å². The fraction of sp³-hybridized carbons (Fsp3) is 0.435. The highest BCUT2D eigenvalue weighted by atomic mass is 35.5. The Morgan fingerprint density at radius 2 is 2.13 bits per heavy atom. The average Bonchev–Trinajstić information content (AvgIpc) is 3.09. The molecule has 8 heteroatoms. The molecule has 0 aliphatic carbocycles. The van der Waals surface area contributed by atoms with Gasteiger partial charge in [0, 0.05) is 23.1 Å². The minimum Gasteiger partial charge on any atom is -0.370 e. The molecule has 3 heterocycles. The molecule has 0 saturated heterocycles. The number of aromatic nitrogens is 2. The van der Waals surface area contributed by atoms with Gasteiger partial charge in [-0.15, -0.1) is 11.3 Å². The zero-order valence-corrected chi connectivity index (χ0v) is 20.3. The van der Waals surface area contributed by atoms with E-state index < -0.39 is 0 Å². The monoisotopic (exact) mass is 475 g/mol. The number of anilines is 1. The first-order chi connectivity index (χ1) is 14.9. The van der Waals surface area contributed by atoms with Gasteiger partial charge in [-0.25, -0.2) is 9.97 Å². The van der Waals surface area contributed by atoms with Gasteiger partial charge in [0.1, 0.15) is 15.7 Å². The lowest BCUT2D eigenvalue weighted by molar-refractivity contribution is -0.113. The second kappa shape index (κ2) is 9.45. The third-order valence-electron chi connectivity index (χ3n) is 5.19. The normalized spacial score (nSPS) is 15.1. The molecule has 1 aromatic carbocycles. The van der Waals surface area contributed by atoms with Gasteiger partial charge in [0.2, 0.25) is 5.91 Å². The Bertz CT molecular complexity index is 1110. The molecular weight excluding hydrogens is 450 g/mol. The SMILES string of the molecule is CCCCc1nc(SCC(=O)Nc2ccccc2Cl)c2c3c(sc2n1)COC(C)(C)C3. The van der Waals surface area contributed by atoms with E-state index in [1.165, 1.54) is 22.2 Å². The van der Waals surface area contributed by atoms with Gasteiger partial charge in [-0.3, -0.25) is 4.79 Å². The number of aryl methyl sites for hydroxylation is 1. The number of hydrogen-bond donors (Lipinski definition) is 1. The fourth-order valence-electron chi connectivity index (χ4n) is 3.59. The number of thiophene rings is 1. The van der Waals surface area contributed by atoms with Crippen molar-refractivity contribution in [3.05, 3.63) is 45.6 Å². The molecule has 0 radical (unpaired) electrons. The van der Waals surface area contributed by atoms with Crippen molar-refractivity contribution in [3.63, 3.8) is 0 Å². The van der Waals surface area contributed by atoms with Crippen molar-refractivity contribution in [2.24, 2.45) is 0 Å². The largest absolute Gasteiger partial charge is 0.370 e. The van der Waals surface area contributed by atoms with E-state index in [9.17, 15) is 4.79 Å². The van der Waals surface area contributed by atoms with Crippen molar-refractivity contribution in [3.8, 4) is 0 Å². The molecule has 3 aromatic rings. The number of nitrogens with zero attached hydrogens (tertiary/aromatic N) is 2. The summed E-state index contributed by atoms with van der Waals surface area (Å²) >= 11 is 9.33. The molecule has 0 fully saturated rings. The quantitative estimate of drug-likeness (QED) is 0.322. The third kappa shape index (κ3) is 5.22. The van der Waals surface area contributed by atoms with E-state index in [0.717, 1.165) is 46.8 Å². The first kappa shape index (κ1) is 22.5. The molecule has 1 amide bonds. The predicted octanol–water partition coefficient (Wildman–Crippen LogP) is 6.27. The van der Waals surface area contributed by atoms with Crippen LogP contribution in [0.4, 0.5) is 5.69 Å². The third-order valence-corrected chi connectivity index (χ3v) is 7.59. The van der Waals surface area contributed by atoms with Crippen LogP contribution in [-0.4, -0.2) is 27.2 Å². The Kier molecular flexibility index (Phi) is 6.86. The maximum absolute atomic E-state index is 12.6. The lowest BCUT2D eigenvalue weighted by Crippen LogP contribution is -2.31. The topological polar surface area (TPSA) is 64.1 Å². The molecule has 5 nitrogen and oxygen atoms in total. The Labute approximate surface area is 196 Å². The number of fused-ring (bicyclic) bond motifs is 3. The van der Waals surface area contributed by atoms with Crippen molar-refractivity contribution in [1.82, 2.24) is 9.97 Å². The molecular formula is C23H26ClN3O2S2. The summed E-state index contributed by atoms with van der Waals surface area (Å²) < 4.78 is 6.01. The second-order valence-electron chi connectivity index (χ2n) is 8.27. The number of ether oxygens (including phenoxy) is 1. The number of thioether (sulfide) groups is 1. The Hall–Kier alpha value is -1.67. The molecule has 0 bridgehead atoms. The van der Waals surface area contributed by atoms with Crippen LogP contribution in [0.5, 0.6) is 0 Å². The van der Waals surface area contributed by atoms with Gasteiger partial charge in [0.25, 0.3) is 0 Å². The standard InChI is InChI=1S/C23H26ClN3O2S2/c1-4-5-10-18-26-21(30-13-19(28)25-16-9-7-6-8-15(16)24)20-14-11-23(2,3)29-12-17(14)31-22(20)27-18/h6-9H,4-5,10-13H2,1-3H3,(H,25,28). The summed E-state index contributed by atoms with van der Waals surface area (Å²) in [7, 11) is 0. The molecule has 1 aliphatic rings. The molecule has 0 spiro atoms. The highest BCUT2D eigenvalue weighted by Gasteiger charge is 2.31. The second-order valence-corrected chi connectivity index (χ2v) is 10.7. The van der Waals surface area contributed by atoms with Crippen LogP contribution in [0.15, 0.2) is 29.3 Å². The molecule has 0 atom stereocenters. The van der Waals surface area contributed by atoms with Gasteiger partial charge in [-0.05, 0) is 38.0 Å². The van der Waals surface area contributed by atoms with Crippen LogP contribution in [0, 0.1) is 0 Å². The summed E-state index contributed by atoms with van der Waals surface area (Å²) in [4.78, 5) is 24.6. The minimum atomic E-state index is -0.217. The number of nitrogens with one attached hydrogen (secondary N) is 1. The number of unbranched alkanes of at least 4 members (excludes halogenated alkanes) is 1. The van der Waals surface area contributed by atoms with Gasteiger partial charge < -0.3 is 10.1 Å². The molecule has 1 N–H and O–H groups in total. The number of carbonyl (C=O) groups is 1. The summed E-state index contributed by atoms with van der Waals surface area (Å²) in [6.45, 7) is 6.99. The lowest BCUT2D eigenvalue weighted by Gasteiger charge is -2.30. The smallest absolute Gasteiger partial charge is 0.234 e. The molecule has 0 unspecified atom stereocenters. The number of para-hydroxylation sites is 1. The number of halogens is 1. The van der Waals surface area contributed by atoms with E-state index in [4.69, 9.17) is 26.3 Å². The Morgan fingerprint density at radius 1 is 1.32 bits per heavy atom. The zero-order valence-electron chi connectivity index (χ0n) is 18.0. The molecule has 4 rings (SSSR count). The molecule has 31 heavy (non-hydrogen) atoms. The molecule has 0 saturated carbocycles. The average molecular weight is 476 g/mol. The summed E-state index contributed by atoms with van der Waals surface area (Å²) in [5.74, 6) is 1.00. The van der Waals surface area contributed by atoms with Crippen molar-refractivity contribution >= 4 is 56.5 Å². The van der Waals surface area contributed by atoms with Crippen molar-refractivity contribution in [2.45, 2.75) is 63.7 Å². The first-order valence-corrected chi connectivity index (χ1v) is 12.7. The van der Waals surface area contributed by atoms with Crippen LogP contribution in [0.25, 0.3) is 10.2 Å². The van der Waals surface area contributed by atoms with Crippen LogP contribution in [0.1, 0.15) is 49.9 Å². The van der Waals surface area contributed by atoms with E-state index in [1.807, 2.05) is 12.1 Å². The highest BCUT2D eigenvalue weighted by Crippen LogP contribution is 2.41. The summed E-state index contributed by atoms with van der Waals surface area (Å²) in [6, 6.07) is 7.25. The maximum atomic E-state index is 12.6. The van der Waals surface area contributed by atoms with E-state index >= 15 is 0 Å². The summed E-state index contributed by atoms with van der Waals surface area (Å²) in [5, 5.41) is 5.40. The first-order valence-electron chi connectivity index (χ1n) is 10.5. The van der Waals surface area contributed by atoms with Gasteiger partial charge >= 0.3 is 0 Å². The van der Waals surface area contributed by atoms with Crippen LogP contribution in [-0.2, 0) is 29.0 Å². The summed E-state index contributed by atoms with van der Waals surface area (Å²) in [6.07, 6.45) is 3.80. The predicted molar refractivity (Wildman–Crippen MR) is 129 cm³/mol. The minimum absolute atomic E-state index is 0.104. The van der Waals surface area contributed by atoms with Crippen molar-refractivity contribution < 1.29 is 9.53 Å². The van der Waals surface area contributed by atoms with E-state index in [0.29, 0.717) is 17.3 Å². The van der Waals surface area contributed by atoms with Crippen LogP contribution >= 0.6 is 34.7 Å². The number of carbonyl (C=O) groups excluding carboxylic acids is 1. The number of amides is 1. The summed E-state index contributed by atoms with van der Waals surface area (Å²) in [5.41, 5.74) is 1.68.